The molecule has 24 heavy (non-hydrogen) atoms. The molecule has 0 aromatic heterocycles. The van der Waals surface area contributed by atoms with E-state index in [2.05, 4.69) is 35.1 Å². The molecule has 1 saturated carbocycles. The maximum Gasteiger partial charge on any atom is 0.254 e. The lowest BCUT2D eigenvalue weighted by Gasteiger charge is -2.42. The third kappa shape index (κ3) is 3.35. The monoisotopic (exact) mass is 394 g/mol. The molecule has 3 rings (SSSR count). The van der Waals surface area contributed by atoms with Gasteiger partial charge in [-0.25, -0.2) is 0 Å². The molecule has 2 amide bonds. The number of carbonyl (C=O) groups excluding carboxylic acids is 2. The van der Waals surface area contributed by atoms with Crippen LogP contribution in [0.3, 0.4) is 0 Å². The van der Waals surface area contributed by atoms with Gasteiger partial charge in [0.2, 0.25) is 5.91 Å². The number of carbonyl (C=O) groups is 2. The van der Waals surface area contributed by atoms with E-state index in [0.29, 0.717) is 24.9 Å². The van der Waals surface area contributed by atoms with Crippen LogP contribution in [0.4, 0.5) is 0 Å². The molecule has 0 bridgehead atoms. The Morgan fingerprint density at radius 3 is 2.67 bits per heavy atom. The molecule has 0 spiro atoms. The first kappa shape index (κ1) is 17.4. The van der Waals surface area contributed by atoms with Crippen LogP contribution in [0.2, 0.25) is 0 Å². The van der Waals surface area contributed by atoms with Crippen molar-refractivity contribution in [3.05, 3.63) is 33.8 Å². The molecule has 130 valence electrons. The summed E-state index contributed by atoms with van der Waals surface area (Å²) in [5, 5.41) is 12.6. The van der Waals surface area contributed by atoms with E-state index in [1.54, 1.807) is 11.8 Å². The Hall–Kier alpha value is -1.40. The van der Waals surface area contributed by atoms with Gasteiger partial charge in [-0.2, -0.15) is 0 Å². The Balaban J connectivity index is 1.70. The van der Waals surface area contributed by atoms with Crippen LogP contribution in [-0.2, 0) is 10.2 Å². The molecule has 0 saturated heterocycles. The number of halogens is 1. The summed E-state index contributed by atoms with van der Waals surface area (Å²) in [5.41, 5.74) is 0.781. The lowest BCUT2D eigenvalue weighted by Crippen LogP contribution is -2.56. The first-order chi connectivity index (χ1) is 11.1. The predicted molar refractivity (Wildman–Crippen MR) is 94.9 cm³/mol. The van der Waals surface area contributed by atoms with Crippen molar-refractivity contribution in [1.82, 2.24) is 10.2 Å². The number of hydrogen-bond acceptors (Lipinski definition) is 3. The summed E-state index contributed by atoms with van der Waals surface area (Å²) in [6, 6.07) is 5.66. The van der Waals surface area contributed by atoms with Gasteiger partial charge in [-0.3, -0.25) is 9.59 Å². The van der Waals surface area contributed by atoms with E-state index in [0.717, 1.165) is 10.0 Å². The number of amides is 2. The average molecular weight is 395 g/mol. The van der Waals surface area contributed by atoms with E-state index >= 15 is 0 Å². The summed E-state index contributed by atoms with van der Waals surface area (Å²) in [7, 11) is 0. The molecular weight excluding hydrogens is 372 g/mol. The zero-order chi connectivity index (χ0) is 17.7. The van der Waals surface area contributed by atoms with Crippen molar-refractivity contribution in [2.75, 3.05) is 13.1 Å². The van der Waals surface area contributed by atoms with Gasteiger partial charge >= 0.3 is 0 Å². The van der Waals surface area contributed by atoms with Crippen molar-refractivity contribution < 1.29 is 14.7 Å². The number of rotatable bonds is 3. The van der Waals surface area contributed by atoms with Gasteiger partial charge in [0.15, 0.2) is 0 Å². The Kier molecular flexibility index (Phi) is 4.24. The summed E-state index contributed by atoms with van der Waals surface area (Å²) in [4.78, 5) is 26.6. The third-order valence-electron chi connectivity index (χ3n) is 4.89. The third-order valence-corrected chi connectivity index (χ3v) is 5.38. The van der Waals surface area contributed by atoms with Crippen molar-refractivity contribution >= 4 is 27.7 Å². The molecule has 1 heterocycles. The molecule has 5 nitrogen and oxygen atoms in total. The minimum absolute atomic E-state index is 0.00337. The molecular formula is C18H23BrN2O3. The van der Waals surface area contributed by atoms with Crippen molar-refractivity contribution in [3.63, 3.8) is 0 Å². The fourth-order valence-electron chi connectivity index (χ4n) is 3.75. The first-order valence-corrected chi connectivity index (χ1v) is 8.98. The first-order valence-electron chi connectivity index (χ1n) is 8.18. The second kappa shape index (κ2) is 5.85. The van der Waals surface area contributed by atoms with Gasteiger partial charge in [0.1, 0.15) is 0 Å². The van der Waals surface area contributed by atoms with E-state index in [-0.39, 0.29) is 29.8 Å². The molecule has 2 N–H and O–H groups in total. The Morgan fingerprint density at radius 1 is 1.38 bits per heavy atom. The SMILES string of the molecule is CC1(C)CN(CC(=O)N[C@H]2C[C@@](C)(O)C2)C(=O)c2ccc(Br)cc21. The van der Waals surface area contributed by atoms with Crippen LogP contribution in [0.5, 0.6) is 0 Å². The fourth-order valence-corrected chi connectivity index (χ4v) is 4.11. The number of fused-ring (bicyclic) bond motifs is 1. The molecule has 1 aliphatic carbocycles. The molecule has 6 heteroatoms. The quantitative estimate of drug-likeness (QED) is 0.825. The van der Waals surface area contributed by atoms with Crippen LogP contribution >= 0.6 is 15.9 Å². The summed E-state index contributed by atoms with van der Waals surface area (Å²) in [6.45, 7) is 6.49. The molecule has 2 aliphatic rings. The highest BCUT2D eigenvalue weighted by atomic mass is 79.9. The minimum Gasteiger partial charge on any atom is -0.390 e. The summed E-state index contributed by atoms with van der Waals surface area (Å²) in [6.07, 6.45) is 1.13. The van der Waals surface area contributed by atoms with Crippen LogP contribution in [0.15, 0.2) is 22.7 Å². The smallest absolute Gasteiger partial charge is 0.254 e. The molecule has 1 aromatic rings. The van der Waals surface area contributed by atoms with E-state index in [1.807, 2.05) is 18.2 Å². The Morgan fingerprint density at radius 2 is 2.04 bits per heavy atom. The van der Waals surface area contributed by atoms with Crippen molar-refractivity contribution in [1.29, 1.82) is 0 Å². The predicted octanol–water partition coefficient (Wildman–Crippen LogP) is 2.21. The van der Waals surface area contributed by atoms with Crippen molar-refractivity contribution in [2.45, 2.75) is 50.7 Å². The molecule has 1 aromatic carbocycles. The number of aliphatic hydroxyl groups is 1. The molecule has 1 fully saturated rings. The fraction of sp³-hybridized carbons (Fsp3) is 0.556. The van der Waals surface area contributed by atoms with Crippen molar-refractivity contribution in [2.24, 2.45) is 0 Å². The maximum absolute atomic E-state index is 12.7. The zero-order valence-corrected chi connectivity index (χ0v) is 15.8. The van der Waals surface area contributed by atoms with Crippen LogP contribution in [0.25, 0.3) is 0 Å². The number of hydrogen-bond donors (Lipinski definition) is 2. The number of benzene rings is 1. The van der Waals surface area contributed by atoms with Crippen LogP contribution < -0.4 is 5.32 Å². The van der Waals surface area contributed by atoms with E-state index in [9.17, 15) is 14.7 Å². The topological polar surface area (TPSA) is 69.6 Å². The second-order valence-corrected chi connectivity index (χ2v) is 8.82. The van der Waals surface area contributed by atoms with Crippen LogP contribution in [-0.4, -0.2) is 46.6 Å². The normalized spacial score (nSPS) is 28.1. The lowest BCUT2D eigenvalue weighted by molar-refractivity contribution is -0.125. The van der Waals surface area contributed by atoms with Gasteiger partial charge in [0.05, 0.1) is 12.1 Å². The standard InChI is InChI=1S/C18H23BrN2O3/c1-17(2)10-21(9-15(22)20-12-7-18(3,24)8-12)16(23)13-5-4-11(19)6-14(13)17/h4-6,12,24H,7-10H2,1-3H3,(H,20,22)/t12-,18+. The van der Waals surface area contributed by atoms with Gasteiger partial charge in [-0.1, -0.05) is 29.8 Å². The Labute approximate surface area is 150 Å². The molecule has 0 atom stereocenters. The van der Waals surface area contributed by atoms with Gasteiger partial charge in [-0.05, 0) is 43.5 Å². The molecule has 0 unspecified atom stereocenters. The highest BCUT2D eigenvalue weighted by molar-refractivity contribution is 9.10. The maximum atomic E-state index is 12.7. The molecule has 1 aliphatic heterocycles. The van der Waals surface area contributed by atoms with Gasteiger partial charge in [0, 0.05) is 28.0 Å². The van der Waals surface area contributed by atoms with Gasteiger partial charge in [-0.15, -0.1) is 0 Å². The number of nitrogens with zero attached hydrogens (tertiary/aromatic N) is 1. The second-order valence-electron chi connectivity index (χ2n) is 7.90. The van der Waals surface area contributed by atoms with Crippen LogP contribution in [0.1, 0.15) is 49.5 Å². The van der Waals surface area contributed by atoms with E-state index in [1.165, 1.54) is 0 Å². The summed E-state index contributed by atoms with van der Waals surface area (Å²) < 4.78 is 0.949. The summed E-state index contributed by atoms with van der Waals surface area (Å²) in [5.74, 6) is -0.271. The van der Waals surface area contributed by atoms with Gasteiger partial charge in [0.25, 0.3) is 5.91 Å². The number of nitrogens with one attached hydrogen (secondary N) is 1. The van der Waals surface area contributed by atoms with Gasteiger partial charge < -0.3 is 15.3 Å². The highest BCUT2D eigenvalue weighted by Crippen LogP contribution is 2.35. The Bertz CT molecular complexity index is 692. The minimum atomic E-state index is -0.673. The summed E-state index contributed by atoms with van der Waals surface area (Å²) >= 11 is 3.46. The van der Waals surface area contributed by atoms with Crippen molar-refractivity contribution in [3.8, 4) is 0 Å². The van der Waals surface area contributed by atoms with Crippen LogP contribution in [0, 0.1) is 0 Å². The molecule has 0 radical (unpaired) electrons. The van der Waals surface area contributed by atoms with E-state index in [4.69, 9.17) is 0 Å². The largest absolute Gasteiger partial charge is 0.390 e. The van der Waals surface area contributed by atoms with E-state index < -0.39 is 5.60 Å². The zero-order valence-electron chi connectivity index (χ0n) is 14.2. The highest BCUT2D eigenvalue weighted by Gasteiger charge is 2.40. The average Bonchev–Trinajstić information content (AvgIpc) is 2.42. The lowest BCUT2D eigenvalue weighted by atomic mass is 9.77.